The topological polar surface area (TPSA) is 41.6 Å². The van der Waals surface area contributed by atoms with E-state index in [4.69, 9.17) is 4.74 Å². The second kappa shape index (κ2) is 5.61. The van der Waals surface area contributed by atoms with Crippen LogP contribution in [-0.2, 0) is 0 Å². The molecule has 1 N–H and O–H groups in total. The summed E-state index contributed by atoms with van der Waals surface area (Å²) in [5.41, 5.74) is 0.698. The molecule has 1 atom stereocenters. The molecule has 1 aromatic rings. The molecule has 1 unspecified atom stereocenters. The van der Waals surface area contributed by atoms with Gasteiger partial charge in [0, 0.05) is 6.54 Å². The number of nitrogens with zero attached hydrogens (tertiary/aromatic N) is 1. The van der Waals surface area contributed by atoms with Crippen LogP contribution in [0.25, 0.3) is 0 Å². The van der Waals surface area contributed by atoms with E-state index in [9.17, 15) is 4.79 Å². The molecule has 19 heavy (non-hydrogen) atoms. The molecular formula is C15H20N2O2. The monoisotopic (exact) mass is 260 g/mol. The first-order valence-corrected chi connectivity index (χ1v) is 7.06. The van der Waals surface area contributed by atoms with Crippen molar-refractivity contribution in [2.75, 3.05) is 32.8 Å². The fourth-order valence-electron chi connectivity index (χ4n) is 2.87. The SMILES string of the molecule is O=C1c2ccccc2OCCN1CC1CCCNC1. The Balaban J connectivity index is 1.74. The summed E-state index contributed by atoms with van der Waals surface area (Å²) in [5.74, 6) is 1.40. The third kappa shape index (κ3) is 2.73. The number of benzene rings is 1. The summed E-state index contributed by atoms with van der Waals surface area (Å²) >= 11 is 0. The van der Waals surface area contributed by atoms with Crippen molar-refractivity contribution in [1.29, 1.82) is 0 Å². The van der Waals surface area contributed by atoms with Crippen LogP contribution in [0.1, 0.15) is 23.2 Å². The minimum absolute atomic E-state index is 0.110. The summed E-state index contributed by atoms with van der Waals surface area (Å²) in [6, 6.07) is 7.53. The summed E-state index contributed by atoms with van der Waals surface area (Å²) < 4.78 is 5.66. The Morgan fingerprint density at radius 1 is 1.37 bits per heavy atom. The fraction of sp³-hybridized carbons (Fsp3) is 0.533. The molecule has 2 aliphatic rings. The van der Waals surface area contributed by atoms with E-state index in [1.165, 1.54) is 12.8 Å². The van der Waals surface area contributed by atoms with Crippen molar-refractivity contribution in [1.82, 2.24) is 10.2 Å². The third-order valence-corrected chi connectivity index (χ3v) is 3.90. The van der Waals surface area contributed by atoms with Gasteiger partial charge in [-0.05, 0) is 44.0 Å². The van der Waals surface area contributed by atoms with E-state index in [0.717, 1.165) is 25.4 Å². The Kier molecular flexibility index (Phi) is 3.69. The standard InChI is InChI=1S/C15H20N2O2/c18-15-13-5-1-2-6-14(13)19-9-8-17(15)11-12-4-3-7-16-10-12/h1-2,5-6,12,16H,3-4,7-11H2. The second-order valence-electron chi connectivity index (χ2n) is 5.31. The fourth-order valence-corrected chi connectivity index (χ4v) is 2.87. The van der Waals surface area contributed by atoms with Crippen LogP contribution in [0.15, 0.2) is 24.3 Å². The van der Waals surface area contributed by atoms with Gasteiger partial charge in [0.1, 0.15) is 12.4 Å². The number of hydrogen-bond acceptors (Lipinski definition) is 3. The number of para-hydroxylation sites is 1. The van der Waals surface area contributed by atoms with E-state index in [1.54, 1.807) is 0 Å². The van der Waals surface area contributed by atoms with Gasteiger partial charge in [0.25, 0.3) is 5.91 Å². The Morgan fingerprint density at radius 3 is 3.11 bits per heavy atom. The molecule has 0 aromatic heterocycles. The lowest BCUT2D eigenvalue weighted by Gasteiger charge is -2.29. The Morgan fingerprint density at radius 2 is 2.26 bits per heavy atom. The molecule has 0 aliphatic carbocycles. The number of ether oxygens (including phenoxy) is 1. The molecule has 1 amide bonds. The van der Waals surface area contributed by atoms with E-state index in [1.807, 2.05) is 29.2 Å². The van der Waals surface area contributed by atoms with Gasteiger partial charge in [-0.1, -0.05) is 12.1 Å². The zero-order valence-corrected chi connectivity index (χ0v) is 11.1. The van der Waals surface area contributed by atoms with Crippen LogP contribution in [0.5, 0.6) is 5.75 Å². The average Bonchev–Trinajstić information content (AvgIpc) is 2.61. The molecule has 0 spiro atoms. The molecule has 0 radical (unpaired) electrons. The van der Waals surface area contributed by atoms with E-state index >= 15 is 0 Å². The van der Waals surface area contributed by atoms with Crippen molar-refractivity contribution in [3.8, 4) is 5.75 Å². The van der Waals surface area contributed by atoms with Crippen molar-refractivity contribution in [2.24, 2.45) is 5.92 Å². The van der Waals surface area contributed by atoms with Crippen LogP contribution in [-0.4, -0.2) is 43.6 Å². The van der Waals surface area contributed by atoms with E-state index in [2.05, 4.69) is 5.32 Å². The Hall–Kier alpha value is -1.55. The minimum atomic E-state index is 0.110. The molecule has 1 aromatic carbocycles. The zero-order valence-electron chi connectivity index (χ0n) is 11.1. The van der Waals surface area contributed by atoms with Gasteiger partial charge < -0.3 is 15.0 Å². The maximum Gasteiger partial charge on any atom is 0.257 e. The normalized spacial score (nSPS) is 23.5. The van der Waals surface area contributed by atoms with Crippen LogP contribution in [0.2, 0.25) is 0 Å². The average molecular weight is 260 g/mol. The molecule has 0 saturated carbocycles. The van der Waals surface area contributed by atoms with E-state index < -0.39 is 0 Å². The molecule has 2 heterocycles. The van der Waals surface area contributed by atoms with E-state index in [0.29, 0.717) is 24.6 Å². The van der Waals surface area contributed by atoms with Gasteiger partial charge in [0.2, 0.25) is 0 Å². The molecule has 1 saturated heterocycles. The largest absolute Gasteiger partial charge is 0.491 e. The van der Waals surface area contributed by atoms with Crippen molar-refractivity contribution in [3.05, 3.63) is 29.8 Å². The van der Waals surface area contributed by atoms with Gasteiger partial charge in [-0.25, -0.2) is 0 Å². The lowest BCUT2D eigenvalue weighted by atomic mass is 9.99. The Bertz CT molecular complexity index is 455. The van der Waals surface area contributed by atoms with Crippen molar-refractivity contribution >= 4 is 5.91 Å². The van der Waals surface area contributed by atoms with E-state index in [-0.39, 0.29) is 5.91 Å². The van der Waals surface area contributed by atoms with Gasteiger partial charge in [-0.15, -0.1) is 0 Å². The number of nitrogens with one attached hydrogen (secondary N) is 1. The van der Waals surface area contributed by atoms with Gasteiger partial charge in [0.15, 0.2) is 0 Å². The van der Waals surface area contributed by atoms with Crippen molar-refractivity contribution in [2.45, 2.75) is 12.8 Å². The summed E-state index contributed by atoms with van der Waals surface area (Å²) in [6.07, 6.45) is 2.42. The van der Waals surface area contributed by atoms with Crippen LogP contribution in [0, 0.1) is 5.92 Å². The van der Waals surface area contributed by atoms with Gasteiger partial charge in [-0.2, -0.15) is 0 Å². The van der Waals surface area contributed by atoms with Crippen LogP contribution < -0.4 is 10.1 Å². The highest BCUT2D eigenvalue weighted by atomic mass is 16.5. The zero-order chi connectivity index (χ0) is 13.1. The summed E-state index contributed by atoms with van der Waals surface area (Å²) in [4.78, 5) is 14.5. The second-order valence-corrected chi connectivity index (χ2v) is 5.31. The van der Waals surface area contributed by atoms with Crippen LogP contribution in [0.3, 0.4) is 0 Å². The first-order valence-electron chi connectivity index (χ1n) is 7.06. The van der Waals surface area contributed by atoms with Gasteiger partial charge in [0.05, 0.1) is 12.1 Å². The summed E-state index contributed by atoms with van der Waals surface area (Å²) in [6.45, 7) is 4.24. The van der Waals surface area contributed by atoms with Gasteiger partial charge in [-0.3, -0.25) is 4.79 Å². The summed E-state index contributed by atoms with van der Waals surface area (Å²) in [7, 11) is 0. The van der Waals surface area contributed by atoms with Crippen LogP contribution >= 0.6 is 0 Å². The third-order valence-electron chi connectivity index (χ3n) is 3.90. The molecular weight excluding hydrogens is 240 g/mol. The molecule has 3 rings (SSSR count). The number of hydrogen-bond donors (Lipinski definition) is 1. The number of fused-ring (bicyclic) bond motifs is 1. The van der Waals surface area contributed by atoms with Crippen LogP contribution in [0.4, 0.5) is 0 Å². The maximum atomic E-state index is 12.5. The number of amides is 1. The highest BCUT2D eigenvalue weighted by Gasteiger charge is 2.25. The predicted molar refractivity (Wildman–Crippen MR) is 73.4 cm³/mol. The lowest BCUT2D eigenvalue weighted by molar-refractivity contribution is 0.0717. The number of rotatable bonds is 2. The highest BCUT2D eigenvalue weighted by molar-refractivity contribution is 5.97. The minimum Gasteiger partial charge on any atom is -0.491 e. The first kappa shape index (κ1) is 12.5. The molecule has 1 fully saturated rings. The molecule has 0 bridgehead atoms. The highest BCUT2D eigenvalue weighted by Crippen LogP contribution is 2.23. The summed E-state index contributed by atoms with van der Waals surface area (Å²) in [5, 5.41) is 3.40. The molecule has 4 nitrogen and oxygen atoms in total. The number of piperidine rings is 1. The molecule has 2 aliphatic heterocycles. The first-order chi connectivity index (χ1) is 9.34. The smallest absolute Gasteiger partial charge is 0.257 e. The lowest BCUT2D eigenvalue weighted by Crippen LogP contribution is -2.41. The number of carbonyl (C=O) groups excluding carboxylic acids is 1. The van der Waals surface area contributed by atoms with Crippen molar-refractivity contribution < 1.29 is 9.53 Å². The maximum absolute atomic E-state index is 12.5. The van der Waals surface area contributed by atoms with Gasteiger partial charge >= 0.3 is 0 Å². The Labute approximate surface area is 113 Å². The number of carbonyl (C=O) groups is 1. The molecule has 4 heteroatoms. The molecule has 102 valence electrons. The quantitative estimate of drug-likeness (QED) is 0.876. The predicted octanol–water partition coefficient (Wildman–Crippen LogP) is 1.52. The van der Waals surface area contributed by atoms with Crippen molar-refractivity contribution in [3.63, 3.8) is 0 Å².